The molecule has 0 aliphatic heterocycles. The Morgan fingerprint density at radius 1 is 1.39 bits per heavy atom. The highest BCUT2D eigenvalue weighted by Crippen LogP contribution is 2.26. The van der Waals surface area contributed by atoms with Crippen LogP contribution in [0.1, 0.15) is 23.7 Å². The van der Waals surface area contributed by atoms with Crippen molar-refractivity contribution in [3.05, 3.63) is 41.7 Å². The van der Waals surface area contributed by atoms with E-state index in [0.717, 1.165) is 0 Å². The summed E-state index contributed by atoms with van der Waals surface area (Å²) in [7, 11) is 1.74. The van der Waals surface area contributed by atoms with Gasteiger partial charge in [-0.05, 0) is 24.1 Å². The molecule has 9 heteroatoms. The molecule has 0 spiro atoms. The predicted molar refractivity (Wildman–Crippen MR) is 75.4 cm³/mol. The molecule has 0 fully saturated rings. The van der Waals surface area contributed by atoms with E-state index in [9.17, 15) is 18.3 Å². The monoisotopic (exact) mass is 330 g/mol. The van der Waals surface area contributed by atoms with Crippen molar-refractivity contribution < 1.29 is 23.0 Å². The number of hydrogen-bond acceptors (Lipinski definition) is 5. The fourth-order valence-corrected chi connectivity index (χ4v) is 2.15. The van der Waals surface area contributed by atoms with Crippen molar-refractivity contribution >= 4 is 0 Å². The molecule has 0 saturated carbocycles. The van der Waals surface area contributed by atoms with Crippen LogP contribution in [0.5, 0.6) is 5.75 Å². The Hall–Kier alpha value is -2.13. The molecule has 0 saturated heterocycles. The Labute approximate surface area is 130 Å². The highest BCUT2D eigenvalue weighted by atomic mass is 19.4. The third-order valence-electron chi connectivity index (χ3n) is 3.09. The van der Waals surface area contributed by atoms with Gasteiger partial charge in [0.25, 0.3) is 0 Å². The number of hydrogen-bond donors (Lipinski definition) is 2. The Balaban J connectivity index is 2.08. The summed E-state index contributed by atoms with van der Waals surface area (Å²) in [6, 6.07) is 5.35. The van der Waals surface area contributed by atoms with Crippen LogP contribution in [0.15, 0.2) is 30.5 Å². The fourth-order valence-electron chi connectivity index (χ4n) is 2.15. The molecular formula is C14H17F3N4O2. The van der Waals surface area contributed by atoms with E-state index < -0.39 is 6.36 Å². The smallest absolute Gasteiger partial charge is 0.406 e. The van der Waals surface area contributed by atoms with Crippen LogP contribution in [-0.4, -0.2) is 33.1 Å². The Bertz CT molecular complexity index is 630. The van der Waals surface area contributed by atoms with Crippen molar-refractivity contribution in [2.45, 2.75) is 25.4 Å². The summed E-state index contributed by atoms with van der Waals surface area (Å²) in [6.07, 6.45) is -2.67. The van der Waals surface area contributed by atoms with Gasteiger partial charge in [-0.1, -0.05) is 17.3 Å². The van der Waals surface area contributed by atoms with E-state index in [-0.39, 0.29) is 18.4 Å². The van der Waals surface area contributed by atoms with Crippen molar-refractivity contribution in [3.8, 4) is 5.75 Å². The lowest BCUT2D eigenvalue weighted by molar-refractivity contribution is -0.274. The van der Waals surface area contributed by atoms with Crippen molar-refractivity contribution in [2.75, 3.05) is 6.61 Å². The van der Waals surface area contributed by atoms with Crippen LogP contribution in [-0.2, 0) is 13.6 Å². The molecule has 1 atom stereocenters. The van der Waals surface area contributed by atoms with Gasteiger partial charge >= 0.3 is 6.36 Å². The van der Waals surface area contributed by atoms with Gasteiger partial charge in [0.15, 0.2) is 0 Å². The number of aliphatic hydroxyl groups excluding tert-OH is 1. The number of nitrogens with one attached hydrogen (secondary N) is 1. The lowest BCUT2D eigenvalue weighted by Crippen LogP contribution is -2.23. The average Bonchev–Trinajstić information content (AvgIpc) is 2.87. The summed E-state index contributed by atoms with van der Waals surface area (Å²) in [5, 5.41) is 20.0. The van der Waals surface area contributed by atoms with Gasteiger partial charge in [-0.15, -0.1) is 18.3 Å². The van der Waals surface area contributed by atoms with Gasteiger partial charge < -0.3 is 15.2 Å². The lowest BCUT2D eigenvalue weighted by Gasteiger charge is -2.19. The molecule has 23 heavy (non-hydrogen) atoms. The summed E-state index contributed by atoms with van der Waals surface area (Å²) in [5.41, 5.74) is 1.28. The number of alkyl halides is 3. The Morgan fingerprint density at radius 3 is 2.78 bits per heavy atom. The topological polar surface area (TPSA) is 72.2 Å². The SMILES string of the molecule is Cn1cc(CNC(CCO)c2cccc(OC(F)(F)F)c2)nn1. The highest BCUT2D eigenvalue weighted by molar-refractivity contribution is 5.30. The van der Waals surface area contributed by atoms with Gasteiger partial charge in [-0.25, -0.2) is 0 Å². The van der Waals surface area contributed by atoms with E-state index in [1.54, 1.807) is 24.0 Å². The average molecular weight is 330 g/mol. The van der Waals surface area contributed by atoms with Crippen LogP contribution in [0, 0.1) is 0 Å². The minimum Gasteiger partial charge on any atom is -0.406 e. The summed E-state index contributed by atoms with van der Waals surface area (Å²) >= 11 is 0. The number of ether oxygens (including phenoxy) is 1. The molecular weight excluding hydrogens is 313 g/mol. The van der Waals surface area contributed by atoms with Gasteiger partial charge in [-0.3, -0.25) is 4.68 Å². The minimum absolute atomic E-state index is 0.109. The van der Waals surface area contributed by atoms with E-state index in [1.165, 1.54) is 18.2 Å². The molecule has 0 amide bonds. The molecule has 2 N–H and O–H groups in total. The first-order valence-corrected chi connectivity index (χ1v) is 6.92. The first-order chi connectivity index (χ1) is 10.9. The first kappa shape index (κ1) is 17.2. The molecule has 1 heterocycles. The standard InChI is InChI=1S/C14H17F3N4O2/c1-21-9-11(19-20-21)8-18-13(5-6-22)10-3-2-4-12(7-10)23-14(15,16)17/h2-4,7,9,13,18,22H,5-6,8H2,1H3. The summed E-state index contributed by atoms with van der Waals surface area (Å²) < 4.78 is 42.4. The van der Waals surface area contributed by atoms with Gasteiger partial charge in [0.05, 0.1) is 5.69 Å². The van der Waals surface area contributed by atoms with Crippen molar-refractivity contribution in [1.82, 2.24) is 20.3 Å². The van der Waals surface area contributed by atoms with Crippen LogP contribution in [0.3, 0.4) is 0 Å². The van der Waals surface area contributed by atoms with Gasteiger partial charge in [0.2, 0.25) is 0 Å². The molecule has 0 radical (unpaired) electrons. The van der Waals surface area contributed by atoms with Crippen molar-refractivity contribution in [1.29, 1.82) is 0 Å². The van der Waals surface area contributed by atoms with E-state index in [4.69, 9.17) is 0 Å². The zero-order chi connectivity index (χ0) is 16.9. The van der Waals surface area contributed by atoms with E-state index in [0.29, 0.717) is 24.2 Å². The molecule has 0 aliphatic rings. The number of nitrogens with zero attached hydrogens (tertiary/aromatic N) is 3. The second-order valence-corrected chi connectivity index (χ2v) is 4.95. The fraction of sp³-hybridized carbons (Fsp3) is 0.429. The number of aliphatic hydroxyl groups is 1. The molecule has 1 aromatic carbocycles. The molecule has 1 aromatic heterocycles. The molecule has 2 aromatic rings. The van der Waals surface area contributed by atoms with Crippen LogP contribution in [0.2, 0.25) is 0 Å². The van der Waals surface area contributed by atoms with Crippen LogP contribution in [0.4, 0.5) is 13.2 Å². The largest absolute Gasteiger partial charge is 0.573 e. The molecule has 2 rings (SSSR count). The van der Waals surface area contributed by atoms with E-state index in [2.05, 4.69) is 20.4 Å². The van der Waals surface area contributed by atoms with Crippen LogP contribution in [0.25, 0.3) is 0 Å². The predicted octanol–water partition coefficient (Wildman–Crippen LogP) is 1.93. The Morgan fingerprint density at radius 2 is 2.17 bits per heavy atom. The van der Waals surface area contributed by atoms with Crippen molar-refractivity contribution in [2.24, 2.45) is 7.05 Å². The molecule has 1 unspecified atom stereocenters. The van der Waals surface area contributed by atoms with Crippen molar-refractivity contribution in [3.63, 3.8) is 0 Å². The number of aromatic nitrogens is 3. The van der Waals surface area contributed by atoms with E-state index >= 15 is 0 Å². The van der Waals surface area contributed by atoms with Crippen LogP contribution < -0.4 is 10.1 Å². The number of benzene rings is 1. The Kier molecular flexibility index (Phi) is 5.56. The van der Waals surface area contributed by atoms with Gasteiger partial charge in [0.1, 0.15) is 5.75 Å². The summed E-state index contributed by atoms with van der Waals surface area (Å²) in [5.74, 6) is -0.292. The summed E-state index contributed by atoms with van der Waals surface area (Å²) in [6.45, 7) is 0.269. The zero-order valence-electron chi connectivity index (χ0n) is 12.4. The third kappa shape index (κ3) is 5.53. The number of aryl methyl sites for hydroxylation is 1. The summed E-state index contributed by atoms with van der Waals surface area (Å²) in [4.78, 5) is 0. The molecule has 0 bridgehead atoms. The minimum atomic E-state index is -4.74. The highest BCUT2D eigenvalue weighted by Gasteiger charge is 2.31. The van der Waals surface area contributed by atoms with Gasteiger partial charge in [-0.2, -0.15) is 0 Å². The quantitative estimate of drug-likeness (QED) is 0.812. The van der Waals surface area contributed by atoms with Gasteiger partial charge in [0, 0.05) is 32.4 Å². The molecule has 6 nitrogen and oxygen atoms in total. The lowest BCUT2D eigenvalue weighted by atomic mass is 10.0. The third-order valence-corrected chi connectivity index (χ3v) is 3.09. The maximum absolute atomic E-state index is 12.3. The second-order valence-electron chi connectivity index (χ2n) is 4.95. The zero-order valence-corrected chi connectivity index (χ0v) is 12.4. The van der Waals surface area contributed by atoms with Crippen LogP contribution >= 0.6 is 0 Å². The van der Waals surface area contributed by atoms with E-state index in [1.807, 2.05) is 0 Å². The first-order valence-electron chi connectivity index (χ1n) is 6.92. The maximum atomic E-state index is 12.3. The molecule has 126 valence electrons. The normalized spacial score (nSPS) is 13.1. The number of rotatable bonds is 7. The second kappa shape index (κ2) is 7.42. The number of halogens is 3. The molecule has 0 aliphatic carbocycles. The maximum Gasteiger partial charge on any atom is 0.573 e.